The number of methoxy groups -OCH3 is 1. The lowest BCUT2D eigenvalue weighted by Gasteiger charge is -2.26. The van der Waals surface area contributed by atoms with E-state index in [1.165, 1.54) is 5.01 Å². The molecule has 5 nitrogen and oxygen atoms in total. The molecule has 5 heteroatoms. The van der Waals surface area contributed by atoms with Crippen molar-refractivity contribution in [2.45, 2.75) is 19.6 Å². The van der Waals surface area contributed by atoms with Crippen molar-refractivity contribution >= 4 is 5.84 Å². The fourth-order valence-corrected chi connectivity index (χ4v) is 1.51. The molecule has 1 aliphatic rings. The van der Waals surface area contributed by atoms with E-state index in [1.807, 2.05) is 38.1 Å². The first-order chi connectivity index (χ1) is 7.56. The first kappa shape index (κ1) is 10.8. The average Bonchev–Trinajstić information content (AvgIpc) is 2.54. The zero-order chi connectivity index (χ0) is 11.8. The minimum absolute atomic E-state index is 0.572. The molecule has 0 spiro atoms. The number of amidine groups is 1. The number of benzene rings is 1. The zero-order valence-corrected chi connectivity index (χ0v) is 9.60. The minimum Gasteiger partial charge on any atom is -0.496 e. The predicted octanol–water partition coefficient (Wildman–Crippen LogP) is 1.30. The van der Waals surface area contributed by atoms with Gasteiger partial charge in [-0.1, -0.05) is 17.3 Å². The number of ether oxygens (including phenoxy) is 1. The smallest absolute Gasteiger partial charge is 0.218 e. The summed E-state index contributed by atoms with van der Waals surface area (Å²) < 4.78 is 5.26. The van der Waals surface area contributed by atoms with E-state index in [0.29, 0.717) is 5.84 Å². The lowest BCUT2D eigenvalue weighted by molar-refractivity contribution is -0.0691. The Morgan fingerprint density at radius 3 is 2.62 bits per heavy atom. The number of hydrazine groups is 1. The fourth-order valence-electron chi connectivity index (χ4n) is 1.51. The van der Waals surface area contributed by atoms with E-state index < -0.39 is 5.72 Å². The average molecular weight is 221 g/mol. The molecule has 0 fully saturated rings. The molecule has 1 aromatic rings. The minimum atomic E-state index is -0.629. The molecule has 0 radical (unpaired) electrons. The maximum atomic E-state index is 5.93. The maximum Gasteiger partial charge on any atom is 0.218 e. The van der Waals surface area contributed by atoms with E-state index >= 15 is 0 Å². The molecule has 0 saturated carbocycles. The van der Waals surface area contributed by atoms with Gasteiger partial charge in [0.05, 0.1) is 12.7 Å². The van der Waals surface area contributed by atoms with Crippen LogP contribution in [0.25, 0.3) is 0 Å². The molecule has 0 saturated heterocycles. The van der Waals surface area contributed by atoms with E-state index in [2.05, 4.69) is 5.16 Å². The molecular formula is C11H15N3O2. The highest BCUT2D eigenvalue weighted by Crippen LogP contribution is 2.27. The zero-order valence-electron chi connectivity index (χ0n) is 9.60. The van der Waals surface area contributed by atoms with Crippen LogP contribution in [0.1, 0.15) is 19.4 Å². The third kappa shape index (κ3) is 1.59. The molecule has 0 amide bonds. The molecule has 1 aliphatic heterocycles. The Balaban J connectivity index is 2.40. The van der Waals surface area contributed by atoms with Crippen molar-refractivity contribution in [1.82, 2.24) is 5.01 Å². The molecule has 86 valence electrons. The third-order valence-corrected chi connectivity index (χ3v) is 2.51. The van der Waals surface area contributed by atoms with Gasteiger partial charge in [0.15, 0.2) is 5.84 Å². The number of nitrogens with two attached hydrogens (primary N) is 1. The summed E-state index contributed by atoms with van der Waals surface area (Å²) in [5, 5.41) is 5.48. The quantitative estimate of drug-likeness (QED) is 0.765. The lowest BCUT2D eigenvalue weighted by Crippen LogP contribution is -2.49. The first-order valence-electron chi connectivity index (χ1n) is 5.01. The van der Waals surface area contributed by atoms with Crippen LogP contribution in [0.3, 0.4) is 0 Å². The number of rotatable bonds is 2. The summed E-state index contributed by atoms with van der Waals surface area (Å²) in [6.07, 6.45) is 0. The van der Waals surface area contributed by atoms with E-state index in [-0.39, 0.29) is 0 Å². The Hall–Kier alpha value is -1.75. The number of hydrogen-bond donors (Lipinski definition) is 1. The maximum absolute atomic E-state index is 5.93. The lowest BCUT2D eigenvalue weighted by atomic mass is 10.1. The van der Waals surface area contributed by atoms with Gasteiger partial charge in [-0.15, -0.1) is 0 Å². The Morgan fingerprint density at radius 2 is 2.06 bits per heavy atom. The van der Waals surface area contributed by atoms with Crippen LogP contribution < -0.4 is 10.6 Å². The molecule has 0 atom stereocenters. The number of oxime groups is 1. The molecule has 0 aliphatic carbocycles. The number of hydrogen-bond acceptors (Lipinski definition) is 5. The molecule has 1 heterocycles. The molecule has 1 aromatic carbocycles. The van der Waals surface area contributed by atoms with Crippen LogP contribution in [0.15, 0.2) is 29.4 Å². The molecule has 0 bridgehead atoms. The van der Waals surface area contributed by atoms with Crippen molar-refractivity contribution in [2.75, 3.05) is 7.11 Å². The largest absolute Gasteiger partial charge is 0.496 e. The highest BCUT2D eigenvalue weighted by Gasteiger charge is 2.37. The van der Waals surface area contributed by atoms with Crippen LogP contribution in [-0.2, 0) is 4.84 Å². The summed E-state index contributed by atoms with van der Waals surface area (Å²) >= 11 is 0. The van der Waals surface area contributed by atoms with Gasteiger partial charge in [0.1, 0.15) is 5.75 Å². The fraction of sp³-hybridized carbons (Fsp3) is 0.364. The molecule has 0 unspecified atom stereocenters. The molecule has 16 heavy (non-hydrogen) atoms. The van der Waals surface area contributed by atoms with Gasteiger partial charge in [-0.2, -0.15) is 0 Å². The second-order valence-corrected chi connectivity index (χ2v) is 4.02. The summed E-state index contributed by atoms with van der Waals surface area (Å²) in [5.74, 6) is 7.23. The Morgan fingerprint density at radius 1 is 1.38 bits per heavy atom. The van der Waals surface area contributed by atoms with Crippen LogP contribution >= 0.6 is 0 Å². The Labute approximate surface area is 94.4 Å². The van der Waals surface area contributed by atoms with Gasteiger partial charge in [0.2, 0.25) is 5.72 Å². The van der Waals surface area contributed by atoms with Gasteiger partial charge in [-0.05, 0) is 26.0 Å². The number of para-hydroxylation sites is 1. The summed E-state index contributed by atoms with van der Waals surface area (Å²) in [6, 6.07) is 7.55. The van der Waals surface area contributed by atoms with Crippen molar-refractivity contribution in [1.29, 1.82) is 0 Å². The second-order valence-electron chi connectivity index (χ2n) is 4.02. The highest BCUT2D eigenvalue weighted by molar-refractivity contribution is 6.01. The Kier molecular flexibility index (Phi) is 2.47. The van der Waals surface area contributed by atoms with E-state index in [9.17, 15) is 0 Å². The standard InChI is InChI=1S/C11H15N3O2/c1-11(2)14(12)10(13-16-11)8-6-4-5-7-9(8)15-3/h4-7H,12H2,1-3H3. The number of nitrogens with zero attached hydrogens (tertiary/aromatic N) is 2. The van der Waals surface area contributed by atoms with E-state index in [0.717, 1.165) is 11.3 Å². The van der Waals surface area contributed by atoms with E-state index in [1.54, 1.807) is 7.11 Å². The monoisotopic (exact) mass is 221 g/mol. The van der Waals surface area contributed by atoms with Crippen molar-refractivity contribution in [3.63, 3.8) is 0 Å². The van der Waals surface area contributed by atoms with Crippen LogP contribution in [-0.4, -0.2) is 23.7 Å². The topological polar surface area (TPSA) is 60.1 Å². The van der Waals surface area contributed by atoms with Crippen molar-refractivity contribution in [2.24, 2.45) is 11.0 Å². The van der Waals surface area contributed by atoms with Crippen molar-refractivity contribution in [3.8, 4) is 5.75 Å². The summed E-state index contributed by atoms with van der Waals surface area (Å²) in [7, 11) is 1.61. The van der Waals surface area contributed by atoms with Crippen LogP contribution in [0.5, 0.6) is 5.75 Å². The second kappa shape index (κ2) is 3.68. The Bertz CT molecular complexity index is 429. The third-order valence-electron chi connectivity index (χ3n) is 2.51. The normalized spacial score (nSPS) is 18.0. The summed E-state index contributed by atoms with van der Waals surface area (Å²) in [4.78, 5) is 5.25. The van der Waals surface area contributed by atoms with Crippen molar-refractivity contribution < 1.29 is 9.57 Å². The molecule has 0 aromatic heterocycles. The van der Waals surface area contributed by atoms with Crippen LogP contribution in [0.4, 0.5) is 0 Å². The van der Waals surface area contributed by atoms with Gasteiger partial charge in [-0.3, -0.25) is 0 Å². The van der Waals surface area contributed by atoms with E-state index in [4.69, 9.17) is 15.4 Å². The SMILES string of the molecule is COc1ccccc1C1=NOC(C)(C)N1N. The van der Waals surface area contributed by atoms with Gasteiger partial charge < -0.3 is 9.57 Å². The first-order valence-corrected chi connectivity index (χ1v) is 5.01. The van der Waals surface area contributed by atoms with Crippen molar-refractivity contribution in [3.05, 3.63) is 29.8 Å². The van der Waals surface area contributed by atoms with Gasteiger partial charge in [-0.25, -0.2) is 10.9 Å². The molecule has 2 N–H and O–H groups in total. The van der Waals surface area contributed by atoms with Gasteiger partial charge >= 0.3 is 0 Å². The highest BCUT2D eigenvalue weighted by atomic mass is 16.7. The predicted molar refractivity (Wildman–Crippen MR) is 60.7 cm³/mol. The summed E-state index contributed by atoms with van der Waals surface area (Å²) in [6.45, 7) is 3.69. The van der Waals surface area contributed by atoms with Gasteiger partial charge in [0.25, 0.3) is 0 Å². The van der Waals surface area contributed by atoms with Crippen LogP contribution in [0, 0.1) is 0 Å². The molecule has 2 rings (SSSR count). The molecular weight excluding hydrogens is 206 g/mol. The summed E-state index contributed by atoms with van der Waals surface area (Å²) in [5.41, 5.74) is 0.189. The van der Waals surface area contributed by atoms with Crippen LogP contribution in [0.2, 0.25) is 0 Å². The van der Waals surface area contributed by atoms with Gasteiger partial charge in [0, 0.05) is 0 Å².